The van der Waals surface area contributed by atoms with Crippen LogP contribution in [0.5, 0.6) is 11.5 Å². The smallest absolute Gasteiger partial charge is 0.276 e. The molecule has 2 heterocycles. The number of nitrogens with one attached hydrogen (secondary N) is 1. The molecule has 0 radical (unpaired) electrons. The molecule has 0 amide bonds. The molecule has 3 aromatic rings. The summed E-state index contributed by atoms with van der Waals surface area (Å²) < 4.78 is 16.3. The molecule has 3 rings (SSSR count). The average Bonchev–Trinajstić information content (AvgIpc) is 3.26. The Morgan fingerprint density at radius 3 is 2.70 bits per heavy atom. The van der Waals surface area contributed by atoms with Crippen molar-refractivity contribution in [3.05, 3.63) is 42.6 Å². The number of aromatic amines is 1. The van der Waals surface area contributed by atoms with Crippen molar-refractivity contribution >= 4 is 11.8 Å². The van der Waals surface area contributed by atoms with Gasteiger partial charge in [-0.15, -0.1) is 10.2 Å². The van der Waals surface area contributed by atoms with E-state index in [1.54, 1.807) is 7.11 Å². The second-order valence-electron chi connectivity index (χ2n) is 4.68. The Morgan fingerprint density at radius 1 is 1.13 bits per heavy atom. The highest BCUT2D eigenvalue weighted by Gasteiger charge is 2.09. The lowest BCUT2D eigenvalue weighted by Crippen LogP contribution is -1.98. The summed E-state index contributed by atoms with van der Waals surface area (Å²) in [7, 11) is 1.64. The van der Waals surface area contributed by atoms with E-state index in [0.29, 0.717) is 17.7 Å². The zero-order chi connectivity index (χ0) is 15.9. The van der Waals surface area contributed by atoms with Crippen LogP contribution in [0, 0.1) is 0 Å². The Balaban J connectivity index is 1.38. The summed E-state index contributed by atoms with van der Waals surface area (Å²) in [6.45, 7) is 0.636. The Kier molecular flexibility index (Phi) is 5.21. The van der Waals surface area contributed by atoms with E-state index >= 15 is 0 Å². The quantitative estimate of drug-likeness (QED) is 0.502. The summed E-state index contributed by atoms with van der Waals surface area (Å²) in [5, 5.41) is 8.60. The second-order valence-corrected chi connectivity index (χ2v) is 5.73. The van der Waals surface area contributed by atoms with Crippen LogP contribution in [0.4, 0.5) is 0 Å². The van der Waals surface area contributed by atoms with Gasteiger partial charge in [-0.25, -0.2) is 0 Å². The van der Waals surface area contributed by atoms with E-state index in [-0.39, 0.29) is 0 Å². The molecule has 0 atom stereocenters. The lowest BCUT2D eigenvalue weighted by molar-refractivity contribution is 0.317. The topological polar surface area (TPSA) is 73.2 Å². The molecule has 0 aliphatic heterocycles. The third-order valence-electron chi connectivity index (χ3n) is 3.08. The lowest BCUT2D eigenvalue weighted by atomic mass is 10.3. The molecule has 0 unspecified atom stereocenters. The number of hydrogen-bond acceptors (Lipinski definition) is 6. The van der Waals surface area contributed by atoms with E-state index < -0.39 is 0 Å². The SMILES string of the molecule is COc1ccc(OCCCSc2nnc(-c3ccc[nH]3)o2)cc1. The minimum absolute atomic E-state index is 0.506. The molecule has 0 spiro atoms. The number of thioether (sulfide) groups is 1. The van der Waals surface area contributed by atoms with Crippen molar-refractivity contribution < 1.29 is 13.9 Å². The summed E-state index contributed by atoms with van der Waals surface area (Å²) in [5.41, 5.74) is 0.826. The number of nitrogens with zero attached hydrogens (tertiary/aromatic N) is 2. The number of rotatable bonds is 8. The maximum absolute atomic E-state index is 5.67. The number of benzene rings is 1. The molecule has 120 valence electrons. The van der Waals surface area contributed by atoms with E-state index in [1.807, 2.05) is 42.6 Å². The van der Waals surface area contributed by atoms with Gasteiger partial charge in [-0.1, -0.05) is 11.8 Å². The molecule has 7 heteroatoms. The molecule has 23 heavy (non-hydrogen) atoms. The van der Waals surface area contributed by atoms with Gasteiger partial charge in [-0.05, 0) is 42.8 Å². The highest BCUT2D eigenvalue weighted by molar-refractivity contribution is 7.99. The van der Waals surface area contributed by atoms with Gasteiger partial charge in [-0.2, -0.15) is 0 Å². The van der Waals surface area contributed by atoms with Crippen LogP contribution < -0.4 is 9.47 Å². The van der Waals surface area contributed by atoms with Crippen LogP contribution in [0.3, 0.4) is 0 Å². The summed E-state index contributed by atoms with van der Waals surface area (Å²) in [5.74, 6) is 3.01. The number of aromatic nitrogens is 3. The van der Waals surface area contributed by atoms with Gasteiger partial charge in [0.15, 0.2) is 0 Å². The van der Waals surface area contributed by atoms with E-state index in [1.165, 1.54) is 11.8 Å². The van der Waals surface area contributed by atoms with E-state index in [9.17, 15) is 0 Å². The van der Waals surface area contributed by atoms with Gasteiger partial charge >= 0.3 is 0 Å². The van der Waals surface area contributed by atoms with Gasteiger partial charge in [0.1, 0.15) is 17.2 Å². The molecule has 0 saturated heterocycles. The Morgan fingerprint density at radius 2 is 1.96 bits per heavy atom. The maximum atomic E-state index is 5.67. The third kappa shape index (κ3) is 4.29. The third-order valence-corrected chi connectivity index (χ3v) is 3.98. The summed E-state index contributed by atoms with van der Waals surface area (Å²) in [6.07, 6.45) is 2.71. The molecule has 1 N–H and O–H groups in total. The van der Waals surface area contributed by atoms with E-state index in [0.717, 1.165) is 29.4 Å². The van der Waals surface area contributed by atoms with Gasteiger partial charge in [0, 0.05) is 11.9 Å². The van der Waals surface area contributed by atoms with Crippen molar-refractivity contribution in [2.45, 2.75) is 11.6 Å². The predicted molar refractivity (Wildman–Crippen MR) is 87.9 cm³/mol. The number of ether oxygens (including phenoxy) is 2. The van der Waals surface area contributed by atoms with Crippen molar-refractivity contribution in [2.75, 3.05) is 19.5 Å². The molecular formula is C16H17N3O3S. The van der Waals surface area contributed by atoms with E-state index in [2.05, 4.69) is 15.2 Å². The van der Waals surface area contributed by atoms with Crippen molar-refractivity contribution in [2.24, 2.45) is 0 Å². The first-order valence-electron chi connectivity index (χ1n) is 7.22. The minimum Gasteiger partial charge on any atom is -0.497 e. The lowest BCUT2D eigenvalue weighted by Gasteiger charge is -2.06. The van der Waals surface area contributed by atoms with Crippen LogP contribution >= 0.6 is 11.8 Å². The number of methoxy groups -OCH3 is 1. The van der Waals surface area contributed by atoms with Crippen molar-refractivity contribution in [1.82, 2.24) is 15.2 Å². The molecule has 6 nitrogen and oxygen atoms in total. The first-order valence-corrected chi connectivity index (χ1v) is 8.20. The Labute approximate surface area is 138 Å². The second kappa shape index (κ2) is 7.73. The average molecular weight is 331 g/mol. The fourth-order valence-electron chi connectivity index (χ4n) is 1.92. The van der Waals surface area contributed by atoms with Gasteiger partial charge < -0.3 is 18.9 Å². The molecule has 0 aliphatic rings. The van der Waals surface area contributed by atoms with Gasteiger partial charge in [0.2, 0.25) is 0 Å². The summed E-state index contributed by atoms with van der Waals surface area (Å²) >= 11 is 1.53. The normalized spacial score (nSPS) is 10.7. The molecule has 0 aliphatic carbocycles. The number of hydrogen-bond donors (Lipinski definition) is 1. The molecule has 0 fully saturated rings. The zero-order valence-corrected chi connectivity index (χ0v) is 13.5. The molecular weight excluding hydrogens is 314 g/mol. The molecule has 0 bridgehead atoms. The van der Waals surface area contributed by atoms with Crippen molar-refractivity contribution in [3.8, 4) is 23.1 Å². The Hall–Kier alpha value is -2.41. The first kappa shape index (κ1) is 15.5. The minimum atomic E-state index is 0.506. The van der Waals surface area contributed by atoms with Crippen LogP contribution in [0.25, 0.3) is 11.6 Å². The standard InChI is InChI=1S/C16H17N3O3S/c1-20-12-5-7-13(8-6-12)21-10-3-11-23-16-19-18-15(22-16)14-4-2-9-17-14/h2,4-9,17H,3,10-11H2,1H3. The van der Waals surface area contributed by atoms with Crippen LogP contribution in [0.15, 0.2) is 52.2 Å². The van der Waals surface area contributed by atoms with Crippen LogP contribution in [0.1, 0.15) is 6.42 Å². The van der Waals surface area contributed by atoms with E-state index in [4.69, 9.17) is 13.9 Å². The molecule has 0 saturated carbocycles. The molecule has 1 aromatic carbocycles. The first-order chi connectivity index (χ1) is 11.3. The fourth-order valence-corrected chi connectivity index (χ4v) is 2.59. The monoisotopic (exact) mass is 331 g/mol. The fraction of sp³-hybridized carbons (Fsp3) is 0.250. The Bertz CT molecular complexity index is 711. The van der Waals surface area contributed by atoms with Crippen LogP contribution in [-0.2, 0) is 0 Å². The van der Waals surface area contributed by atoms with Crippen molar-refractivity contribution in [3.63, 3.8) is 0 Å². The highest BCUT2D eigenvalue weighted by Crippen LogP contribution is 2.22. The summed E-state index contributed by atoms with van der Waals surface area (Å²) in [4.78, 5) is 3.04. The largest absolute Gasteiger partial charge is 0.497 e. The van der Waals surface area contributed by atoms with Gasteiger partial charge in [0.25, 0.3) is 11.1 Å². The van der Waals surface area contributed by atoms with Gasteiger partial charge in [0.05, 0.1) is 13.7 Å². The van der Waals surface area contributed by atoms with Crippen molar-refractivity contribution in [1.29, 1.82) is 0 Å². The van der Waals surface area contributed by atoms with Crippen LogP contribution in [-0.4, -0.2) is 34.7 Å². The van der Waals surface area contributed by atoms with Crippen LogP contribution in [0.2, 0.25) is 0 Å². The zero-order valence-electron chi connectivity index (χ0n) is 12.7. The van der Waals surface area contributed by atoms with Gasteiger partial charge in [-0.3, -0.25) is 0 Å². The number of H-pyrrole nitrogens is 1. The molecule has 2 aromatic heterocycles. The maximum Gasteiger partial charge on any atom is 0.276 e. The predicted octanol–water partition coefficient (Wildman–Crippen LogP) is 3.63. The summed E-state index contributed by atoms with van der Waals surface area (Å²) in [6, 6.07) is 11.3. The highest BCUT2D eigenvalue weighted by atomic mass is 32.2.